The molecule has 2 aliphatic rings. The van der Waals surface area contributed by atoms with Crippen LogP contribution in [-0.4, -0.2) is 28.5 Å². The summed E-state index contributed by atoms with van der Waals surface area (Å²) in [5.41, 5.74) is 1.97. The van der Waals surface area contributed by atoms with Gasteiger partial charge in [-0.15, -0.1) is 11.3 Å². The second kappa shape index (κ2) is 7.32. The van der Waals surface area contributed by atoms with Gasteiger partial charge in [0.1, 0.15) is 5.56 Å². The molecule has 1 amide bonds. The molecule has 0 aromatic carbocycles. The zero-order valence-electron chi connectivity index (χ0n) is 15.0. The minimum atomic E-state index is -0.316. The van der Waals surface area contributed by atoms with Crippen LogP contribution < -0.4 is 16.2 Å². The first-order valence-electron chi connectivity index (χ1n) is 9.31. The van der Waals surface area contributed by atoms with Gasteiger partial charge in [-0.25, -0.2) is 4.98 Å². The van der Waals surface area contributed by atoms with Crippen molar-refractivity contribution in [3.63, 3.8) is 0 Å². The van der Waals surface area contributed by atoms with Gasteiger partial charge >= 0.3 is 0 Å². The number of aromatic nitrogens is 2. The van der Waals surface area contributed by atoms with Gasteiger partial charge in [0.25, 0.3) is 11.5 Å². The van der Waals surface area contributed by atoms with Crippen molar-refractivity contribution in [1.82, 2.24) is 20.2 Å². The van der Waals surface area contributed by atoms with Gasteiger partial charge in [-0.3, -0.25) is 9.59 Å². The highest BCUT2D eigenvalue weighted by atomic mass is 32.1. The number of pyridine rings is 1. The first-order chi connectivity index (χ1) is 12.7. The molecule has 0 radical (unpaired) electrons. The average Bonchev–Trinajstić information content (AvgIpc) is 3.09. The summed E-state index contributed by atoms with van der Waals surface area (Å²) in [5.74, 6) is 0.535. The summed E-state index contributed by atoms with van der Waals surface area (Å²) in [4.78, 5) is 29.9. The van der Waals surface area contributed by atoms with Gasteiger partial charge in [0.05, 0.1) is 17.2 Å². The second-order valence-corrected chi connectivity index (χ2v) is 8.15. The van der Waals surface area contributed by atoms with Crippen LogP contribution in [0, 0.1) is 5.92 Å². The summed E-state index contributed by atoms with van der Waals surface area (Å²) < 4.78 is 1.82. The van der Waals surface area contributed by atoms with Gasteiger partial charge in [0.2, 0.25) is 0 Å². The van der Waals surface area contributed by atoms with Crippen molar-refractivity contribution in [2.24, 2.45) is 5.92 Å². The molecule has 2 N–H and O–H groups in total. The number of fused-ring (bicyclic) bond motifs is 4. The molecular weight excluding hydrogens is 348 g/mol. The van der Waals surface area contributed by atoms with E-state index >= 15 is 0 Å². The average molecular weight is 372 g/mol. The molecule has 0 unspecified atom stereocenters. The van der Waals surface area contributed by atoms with Gasteiger partial charge in [0, 0.05) is 30.1 Å². The number of nitrogens with zero attached hydrogens (tertiary/aromatic N) is 2. The quantitative estimate of drug-likeness (QED) is 0.840. The summed E-state index contributed by atoms with van der Waals surface area (Å²) >= 11 is 1.62. The Balaban J connectivity index is 1.49. The third-order valence-corrected chi connectivity index (χ3v) is 6.20. The van der Waals surface area contributed by atoms with Crippen LogP contribution in [-0.2, 0) is 19.5 Å². The number of thiazole rings is 1. The zero-order valence-corrected chi connectivity index (χ0v) is 15.8. The highest BCUT2D eigenvalue weighted by Crippen LogP contribution is 2.31. The zero-order chi connectivity index (χ0) is 18.1. The smallest absolute Gasteiger partial charge is 0.263 e. The molecular formula is C19H24N4O2S. The molecule has 0 aliphatic carbocycles. The summed E-state index contributed by atoms with van der Waals surface area (Å²) in [6.45, 7) is 5.03. The second-order valence-electron chi connectivity index (χ2n) is 7.21. The fourth-order valence-corrected chi connectivity index (χ4v) is 4.89. The SMILES string of the molecule is CCCc1nc(CNC(=O)c2ccc3n(c2=O)C[C@@H]2CNC[C@H]3C2)cs1. The number of hydrogen-bond donors (Lipinski definition) is 2. The van der Waals surface area contributed by atoms with Crippen LogP contribution in [0.15, 0.2) is 22.3 Å². The van der Waals surface area contributed by atoms with Gasteiger partial charge < -0.3 is 15.2 Å². The lowest BCUT2D eigenvalue weighted by Crippen LogP contribution is -2.46. The molecule has 2 aromatic heterocycles. The molecule has 2 atom stereocenters. The molecule has 2 aromatic rings. The van der Waals surface area contributed by atoms with Gasteiger partial charge in [0.15, 0.2) is 0 Å². The first-order valence-corrected chi connectivity index (χ1v) is 10.2. The maximum atomic E-state index is 12.9. The van der Waals surface area contributed by atoms with E-state index < -0.39 is 0 Å². The Morgan fingerprint density at radius 3 is 3.15 bits per heavy atom. The monoisotopic (exact) mass is 372 g/mol. The number of piperidine rings is 1. The third-order valence-electron chi connectivity index (χ3n) is 5.25. The Morgan fingerprint density at radius 1 is 1.42 bits per heavy atom. The number of aryl methyl sites for hydroxylation is 1. The maximum Gasteiger partial charge on any atom is 0.263 e. The van der Waals surface area contributed by atoms with E-state index in [0.29, 0.717) is 24.9 Å². The van der Waals surface area contributed by atoms with Crippen LogP contribution in [0.25, 0.3) is 0 Å². The molecule has 7 heteroatoms. The fourth-order valence-electron chi connectivity index (χ4n) is 3.99. The van der Waals surface area contributed by atoms with E-state index in [1.165, 1.54) is 0 Å². The van der Waals surface area contributed by atoms with E-state index in [9.17, 15) is 9.59 Å². The van der Waals surface area contributed by atoms with E-state index in [0.717, 1.165) is 48.7 Å². The van der Waals surface area contributed by atoms with Crippen molar-refractivity contribution in [1.29, 1.82) is 0 Å². The van der Waals surface area contributed by atoms with Crippen LogP contribution >= 0.6 is 11.3 Å². The van der Waals surface area contributed by atoms with Crippen molar-refractivity contribution in [3.05, 3.63) is 49.8 Å². The van der Waals surface area contributed by atoms with Crippen LogP contribution in [0.3, 0.4) is 0 Å². The summed E-state index contributed by atoms with van der Waals surface area (Å²) in [6, 6.07) is 3.63. The van der Waals surface area contributed by atoms with Crippen molar-refractivity contribution >= 4 is 17.2 Å². The molecule has 4 heterocycles. The number of hydrogen-bond acceptors (Lipinski definition) is 5. The topological polar surface area (TPSA) is 76.0 Å². The Labute approximate surface area is 156 Å². The van der Waals surface area contributed by atoms with Crippen LogP contribution in [0.4, 0.5) is 0 Å². The van der Waals surface area contributed by atoms with E-state index in [2.05, 4.69) is 22.5 Å². The molecule has 1 saturated heterocycles. The lowest BCUT2D eigenvalue weighted by atomic mass is 9.84. The van der Waals surface area contributed by atoms with Gasteiger partial charge in [-0.2, -0.15) is 0 Å². The highest BCUT2D eigenvalue weighted by molar-refractivity contribution is 7.09. The van der Waals surface area contributed by atoms with Crippen LogP contribution in [0.2, 0.25) is 0 Å². The normalized spacial score (nSPS) is 21.3. The third kappa shape index (κ3) is 3.33. The van der Waals surface area contributed by atoms with Crippen LogP contribution in [0.1, 0.15) is 52.4 Å². The Kier molecular flexibility index (Phi) is 4.91. The lowest BCUT2D eigenvalue weighted by molar-refractivity contribution is 0.0947. The summed E-state index contributed by atoms with van der Waals surface area (Å²) in [6.07, 6.45) is 3.15. The van der Waals surface area contributed by atoms with Crippen molar-refractivity contribution < 1.29 is 4.79 Å². The standard InChI is InChI=1S/C19H24N4O2S/c1-2-3-17-22-14(11-26-17)9-21-18(24)15-4-5-16-13-6-12(7-20-8-13)10-23(16)19(15)25/h4-5,11-13,20H,2-3,6-10H2,1H3,(H,21,24)/t12-,13+/m0/s1. The van der Waals surface area contributed by atoms with Crippen molar-refractivity contribution in [2.75, 3.05) is 13.1 Å². The van der Waals surface area contributed by atoms with E-state index in [-0.39, 0.29) is 17.0 Å². The summed E-state index contributed by atoms with van der Waals surface area (Å²) in [5, 5.41) is 9.34. The number of carbonyl (C=O) groups excluding carboxylic acids is 1. The molecule has 138 valence electrons. The molecule has 0 saturated carbocycles. The van der Waals surface area contributed by atoms with E-state index in [4.69, 9.17) is 0 Å². The Bertz CT molecular complexity index is 873. The van der Waals surface area contributed by atoms with E-state index in [1.807, 2.05) is 16.0 Å². The first kappa shape index (κ1) is 17.4. The van der Waals surface area contributed by atoms with Gasteiger partial charge in [-0.1, -0.05) is 6.92 Å². The van der Waals surface area contributed by atoms with Gasteiger partial charge in [-0.05, 0) is 43.9 Å². The minimum Gasteiger partial charge on any atom is -0.346 e. The van der Waals surface area contributed by atoms with Crippen molar-refractivity contribution in [3.8, 4) is 0 Å². The molecule has 2 bridgehead atoms. The number of carbonyl (C=O) groups is 1. The number of amides is 1. The van der Waals surface area contributed by atoms with E-state index in [1.54, 1.807) is 17.4 Å². The largest absolute Gasteiger partial charge is 0.346 e. The molecule has 2 aliphatic heterocycles. The van der Waals surface area contributed by atoms with Crippen molar-refractivity contribution in [2.45, 2.75) is 45.2 Å². The fraction of sp³-hybridized carbons (Fsp3) is 0.526. The molecule has 6 nitrogen and oxygen atoms in total. The molecule has 26 heavy (non-hydrogen) atoms. The predicted octanol–water partition coefficient (Wildman–Crippen LogP) is 1.89. The summed E-state index contributed by atoms with van der Waals surface area (Å²) in [7, 11) is 0. The number of rotatable bonds is 5. The number of nitrogens with one attached hydrogen (secondary N) is 2. The highest BCUT2D eigenvalue weighted by Gasteiger charge is 2.31. The Hall–Kier alpha value is -1.99. The van der Waals surface area contributed by atoms with Crippen LogP contribution in [0.5, 0.6) is 0 Å². The molecule has 1 fully saturated rings. The lowest BCUT2D eigenvalue weighted by Gasteiger charge is -2.37. The molecule has 4 rings (SSSR count). The minimum absolute atomic E-state index is 0.165. The predicted molar refractivity (Wildman–Crippen MR) is 102 cm³/mol. The Morgan fingerprint density at radius 2 is 2.31 bits per heavy atom. The maximum absolute atomic E-state index is 12.9. The molecule has 0 spiro atoms.